The Kier molecular flexibility index (Phi) is 4.66. The van der Waals surface area contributed by atoms with E-state index in [9.17, 15) is 9.59 Å². The van der Waals surface area contributed by atoms with Gasteiger partial charge >= 0.3 is 0 Å². The van der Waals surface area contributed by atoms with E-state index < -0.39 is 0 Å². The summed E-state index contributed by atoms with van der Waals surface area (Å²) in [6.07, 6.45) is 1.52. The van der Waals surface area contributed by atoms with Crippen molar-refractivity contribution in [2.24, 2.45) is 0 Å². The van der Waals surface area contributed by atoms with Gasteiger partial charge in [-0.05, 0) is 64.4 Å². The maximum atomic E-state index is 12.6. The van der Waals surface area contributed by atoms with Crippen LogP contribution in [0.25, 0.3) is 0 Å². The number of hydrogen-bond donors (Lipinski definition) is 1. The molecule has 0 atom stereocenters. The van der Waals surface area contributed by atoms with Crippen LogP contribution in [0, 0.1) is 13.8 Å². The maximum absolute atomic E-state index is 12.6. The molecule has 0 bridgehead atoms. The van der Waals surface area contributed by atoms with Crippen molar-refractivity contribution in [2.75, 3.05) is 16.8 Å². The Morgan fingerprint density at radius 1 is 1.16 bits per heavy atom. The summed E-state index contributed by atoms with van der Waals surface area (Å²) in [5.74, 6) is 0.0582. The van der Waals surface area contributed by atoms with Gasteiger partial charge in [-0.2, -0.15) is 0 Å². The number of nitrogens with zero attached hydrogens (tertiary/aromatic N) is 2. The zero-order chi connectivity index (χ0) is 18.1. The molecule has 0 unspecified atom stereocenters. The second-order valence-corrected chi connectivity index (χ2v) is 6.90. The van der Waals surface area contributed by atoms with E-state index >= 15 is 0 Å². The summed E-state index contributed by atoms with van der Waals surface area (Å²) in [5, 5.41) is 2.95. The number of benzene rings is 1. The van der Waals surface area contributed by atoms with E-state index in [0.29, 0.717) is 18.0 Å². The summed E-state index contributed by atoms with van der Waals surface area (Å²) in [5.41, 5.74) is 4.38. The molecule has 0 aliphatic carbocycles. The van der Waals surface area contributed by atoms with Gasteiger partial charge in [0.1, 0.15) is 0 Å². The van der Waals surface area contributed by atoms with E-state index in [1.807, 2.05) is 44.2 Å². The number of carbonyl (C=O) groups excluding carboxylic acids is 2. The highest BCUT2D eigenvalue weighted by Gasteiger charge is 2.22. The molecule has 5 nitrogen and oxygen atoms in total. The minimum atomic E-state index is -0.106. The molecule has 1 aliphatic heterocycles. The molecule has 0 radical (unpaired) electrons. The summed E-state index contributed by atoms with van der Waals surface area (Å²) in [6.45, 7) is 8.99. The van der Waals surface area contributed by atoms with Gasteiger partial charge in [0.2, 0.25) is 5.91 Å². The van der Waals surface area contributed by atoms with Gasteiger partial charge in [-0.15, -0.1) is 0 Å². The molecule has 0 saturated carbocycles. The molecule has 2 heterocycles. The first kappa shape index (κ1) is 17.3. The fourth-order valence-electron chi connectivity index (χ4n) is 3.65. The van der Waals surface area contributed by atoms with Gasteiger partial charge in [-0.1, -0.05) is 0 Å². The Bertz CT molecular complexity index is 803. The van der Waals surface area contributed by atoms with E-state index in [2.05, 4.69) is 23.7 Å². The lowest BCUT2D eigenvalue weighted by molar-refractivity contribution is -0.117. The third-order valence-electron chi connectivity index (χ3n) is 4.76. The first-order valence-corrected chi connectivity index (χ1v) is 8.78. The molecule has 1 N–H and O–H groups in total. The van der Waals surface area contributed by atoms with Crippen molar-refractivity contribution in [1.29, 1.82) is 0 Å². The summed E-state index contributed by atoms with van der Waals surface area (Å²) in [4.78, 5) is 26.2. The number of anilines is 2. The van der Waals surface area contributed by atoms with Crippen LogP contribution >= 0.6 is 0 Å². The zero-order valence-corrected chi connectivity index (χ0v) is 15.3. The van der Waals surface area contributed by atoms with E-state index in [1.54, 1.807) is 4.90 Å². The molecule has 1 aliphatic rings. The molecular formula is C20H25N3O2. The molecule has 1 fully saturated rings. The number of carbonyl (C=O) groups is 2. The quantitative estimate of drug-likeness (QED) is 0.913. The van der Waals surface area contributed by atoms with Crippen molar-refractivity contribution in [3.8, 4) is 0 Å². The van der Waals surface area contributed by atoms with Gasteiger partial charge in [0, 0.05) is 41.8 Å². The summed E-state index contributed by atoms with van der Waals surface area (Å²) < 4.78 is 2.16. The van der Waals surface area contributed by atoms with Crippen LogP contribution in [0.15, 0.2) is 30.3 Å². The molecule has 0 spiro atoms. The Labute approximate surface area is 148 Å². The number of aryl methyl sites for hydroxylation is 1. The largest absolute Gasteiger partial charge is 0.346 e. The number of nitrogens with one attached hydrogen (secondary N) is 1. The van der Waals surface area contributed by atoms with Gasteiger partial charge in [0.25, 0.3) is 5.91 Å². The predicted octanol–water partition coefficient (Wildman–Crippen LogP) is 4.06. The average Bonchev–Trinajstić information content (AvgIpc) is 3.11. The van der Waals surface area contributed by atoms with Gasteiger partial charge in [-0.3, -0.25) is 9.59 Å². The SMILES string of the molecule is Cc1cc(C(=O)Nc2ccc(N3CCCC3=O)cc2)c(C)n1C(C)C. The Balaban J connectivity index is 1.75. The summed E-state index contributed by atoms with van der Waals surface area (Å²) in [6, 6.07) is 9.72. The van der Waals surface area contributed by atoms with Crippen LogP contribution < -0.4 is 10.2 Å². The van der Waals surface area contributed by atoms with Crippen molar-refractivity contribution in [3.05, 3.63) is 47.3 Å². The second-order valence-electron chi connectivity index (χ2n) is 6.90. The molecular weight excluding hydrogens is 314 g/mol. The second kappa shape index (κ2) is 6.75. The molecule has 2 amide bonds. The summed E-state index contributed by atoms with van der Waals surface area (Å²) in [7, 11) is 0. The molecule has 1 saturated heterocycles. The Hall–Kier alpha value is -2.56. The maximum Gasteiger partial charge on any atom is 0.257 e. The zero-order valence-electron chi connectivity index (χ0n) is 15.3. The Morgan fingerprint density at radius 3 is 2.36 bits per heavy atom. The first-order valence-electron chi connectivity index (χ1n) is 8.78. The molecule has 5 heteroatoms. The highest BCUT2D eigenvalue weighted by molar-refractivity contribution is 6.05. The van der Waals surface area contributed by atoms with Gasteiger partial charge in [0.05, 0.1) is 5.56 Å². The van der Waals surface area contributed by atoms with Crippen LogP contribution in [0.3, 0.4) is 0 Å². The third-order valence-corrected chi connectivity index (χ3v) is 4.76. The summed E-state index contributed by atoms with van der Waals surface area (Å²) >= 11 is 0. The Morgan fingerprint density at radius 2 is 1.84 bits per heavy atom. The molecule has 3 rings (SSSR count). The van der Waals surface area contributed by atoms with Crippen molar-refractivity contribution in [2.45, 2.75) is 46.6 Å². The minimum absolute atomic E-state index is 0.106. The number of rotatable bonds is 4. The van der Waals surface area contributed by atoms with E-state index in [4.69, 9.17) is 0 Å². The van der Waals surface area contributed by atoms with Crippen molar-refractivity contribution < 1.29 is 9.59 Å². The average molecular weight is 339 g/mol. The normalized spacial score (nSPS) is 14.4. The lowest BCUT2D eigenvalue weighted by Crippen LogP contribution is -2.23. The van der Waals surface area contributed by atoms with Crippen molar-refractivity contribution >= 4 is 23.2 Å². The number of amides is 2. The monoisotopic (exact) mass is 339 g/mol. The van der Waals surface area contributed by atoms with Crippen LogP contribution in [-0.2, 0) is 4.79 Å². The fraction of sp³-hybridized carbons (Fsp3) is 0.400. The molecule has 132 valence electrons. The highest BCUT2D eigenvalue weighted by Crippen LogP contribution is 2.24. The van der Waals surface area contributed by atoms with Crippen LogP contribution in [-0.4, -0.2) is 22.9 Å². The lowest BCUT2D eigenvalue weighted by atomic mass is 10.2. The molecule has 1 aromatic heterocycles. The lowest BCUT2D eigenvalue weighted by Gasteiger charge is -2.16. The van der Waals surface area contributed by atoms with Crippen LogP contribution in [0.2, 0.25) is 0 Å². The van der Waals surface area contributed by atoms with E-state index in [1.165, 1.54) is 0 Å². The standard InChI is InChI=1S/C20H25N3O2/c1-13(2)23-14(3)12-18(15(23)4)20(25)21-16-7-9-17(10-8-16)22-11-5-6-19(22)24/h7-10,12-13H,5-6,11H2,1-4H3,(H,21,25). The highest BCUT2D eigenvalue weighted by atomic mass is 16.2. The third kappa shape index (κ3) is 3.31. The molecule has 1 aromatic carbocycles. The fourth-order valence-corrected chi connectivity index (χ4v) is 3.65. The minimum Gasteiger partial charge on any atom is -0.346 e. The van der Waals surface area contributed by atoms with Crippen LogP contribution in [0.5, 0.6) is 0 Å². The smallest absolute Gasteiger partial charge is 0.257 e. The van der Waals surface area contributed by atoms with Crippen molar-refractivity contribution in [1.82, 2.24) is 4.57 Å². The van der Waals surface area contributed by atoms with Crippen LogP contribution in [0.1, 0.15) is 54.5 Å². The number of hydrogen-bond acceptors (Lipinski definition) is 2. The van der Waals surface area contributed by atoms with Crippen LogP contribution in [0.4, 0.5) is 11.4 Å². The van der Waals surface area contributed by atoms with Crippen molar-refractivity contribution in [3.63, 3.8) is 0 Å². The van der Waals surface area contributed by atoms with Gasteiger partial charge < -0.3 is 14.8 Å². The van der Waals surface area contributed by atoms with Gasteiger partial charge in [0.15, 0.2) is 0 Å². The van der Waals surface area contributed by atoms with E-state index in [-0.39, 0.29) is 11.8 Å². The van der Waals surface area contributed by atoms with E-state index in [0.717, 1.165) is 35.7 Å². The molecule has 2 aromatic rings. The topological polar surface area (TPSA) is 54.3 Å². The first-order chi connectivity index (χ1) is 11.9. The van der Waals surface area contributed by atoms with Gasteiger partial charge in [-0.25, -0.2) is 0 Å². The number of aromatic nitrogens is 1. The molecule has 25 heavy (non-hydrogen) atoms. The predicted molar refractivity (Wildman–Crippen MR) is 100 cm³/mol.